The van der Waals surface area contributed by atoms with Crippen LogP contribution < -0.4 is 0 Å². The number of fused-ring (bicyclic) bond motifs is 1. The first-order valence-electron chi connectivity index (χ1n) is 11.3. The number of methoxy groups -OCH3 is 1. The third-order valence-electron chi connectivity index (χ3n) is 5.89. The molecule has 8 nitrogen and oxygen atoms in total. The first kappa shape index (κ1) is 27.7. The lowest BCUT2D eigenvalue weighted by atomic mass is 10.00. The van der Waals surface area contributed by atoms with Gasteiger partial charge in [-0.1, -0.05) is 17.3 Å². The van der Waals surface area contributed by atoms with Gasteiger partial charge in [-0.3, -0.25) is 0 Å². The lowest BCUT2D eigenvalue weighted by molar-refractivity contribution is -0.144. The van der Waals surface area contributed by atoms with Gasteiger partial charge in [-0.15, -0.1) is 0 Å². The monoisotopic (exact) mass is 583 g/mol. The zero-order valence-corrected chi connectivity index (χ0v) is 20.3. The number of hydrogen-bond donors (Lipinski definition) is 0. The first-order valence-corrected chi connectivity index (χ1v) is 11.3. The van der Waals surface area contributed by atoms with Crippen molar-refractivity contribution in [3.05, 3.63) is 83.4 Å². The molecule has 3 aromatic rings. The van der Waals surface area contributed by atoms with Crippen LogP contribution in [0.4, 0.5) is 35.1 Å². The topological polar surface area (TPSA) is 95.9 Å². The smallest absolute Gasteiger partial charge is 0.417 e. The third-order valence-corrected chi connectivity index (χ3v) is 5.89. The Morgan fingerprint density at radius 1 is 0.927 bits per heavy atom. The van der Waals surface area contributed by atoms with Crippen LogP contribution in [0.25, 0.3) is 34.0 Å². The summed E-state index contributed by atoms with van der Waals surface area (Å²) in [5.41, 5.74) is -4.45. The van der Waals surface area contributed by atoms with Crippen molar-refractivity contribution in [2.45, 2.75) is 18.4 Å². The van der Waals surface area contributed by atoms with Crippen LogP contribution in [0.5, 0.6) is 0 Å². The fourth-order valence-electron chi connectivity index (χ4n) is 3.97. The van der Waals surface area contributed by atoms with Crippen LogP contribution in [-0.4, -0.2) is 38.0 Å². The number of esters is 1. The lowest BCUT2D eigenvalue weighted by Crippen LogP contribution is -2.23. The molecule has 0 bridgehead atoms. The van der Waals surface area contributed by atoms with Crippen molar-refractivity contribution in [2.75, 3.05) is 7.11 Å². The largest absolute Gasteiger partial charge is 0.467 e. The maximum atomic E-state index is 14.2. The molecule has 2 aliphatic rings. The van der Waals surface area contributed by atoms with E-state index in [1.165, 1.54) is 18.3 Å². The number of carbonyl (C=O) groups is 1. The van der Waals surface area contributed by atoms with E-state index in [-0.39, 0.29) is 34.6 Å². The van der Waals surface area contributed by atoms with Gasteiger partial charge in [0.1, 0.15) is 17.1 Å². The van der Waals surface area contributed by atoms with Gasteiger partial charge in [0.05, 0.1) is 36.2 Å². The zero-order chi connectivity index (χ0) is 29.7. The van der Waals surface area contributed by atoms with Crippen molar-refractivity contribution in [3.63, 3.8) is 0 Å². The highest BCUT2D eigenvalue weighted by atomic mass is 19.4. The number of carbonyl (C=O) groups excluding carboxylic acids is 1. The predicted molar refractivity (Wildman–Crippen MR) is 122 cm³/mol. The molecule has 2 aromatic carbocycles. The van der Waals surface area contributed by atoms with E-state index in [2.05, 4.69) is 20.2 Å². The van der Waals surface area contributed by atoms with E-state index < -0.39 is 58.4 Å². The highest BCUT2D eigenvalue weighted by molar-refractivity contribution is 5.78. The highest BCUT2D eigenvalue weighted by Gasteiger charge is 2.39. The summed E-state index contributed by atoms with van der Waals surface area (Å²) in [4.78, 5) is 20.9. The molecule has 0 aliphatic carbocycles. The minimum Gasteiger partial charge on any atom is -0.467 e. The van der Waals surface area contributed by atoms with E-state index in [1.54, 1.807) is 0 Å². The van der Waals surface area contributed by atoms with E-state index in [4.69, 9.17) is 9.26 Å². The van der Waals surface area contributed by atoms with Crippen LogP contribution in [0.15, 0.2) is 59.4 Å². The van der Waals surface area contributed by atoms with Crippen LogP contribution in [-0.2, 0) is 21.9 Å². The molecule has 0 N–H and O–H groups in total. The Hall–Kier alpha value is -4.89. The standard InChI is InChI=1S/C25H13F8N5O3/c1-40-23(39)21(38-10-18-17(9-34-38)35-22(36-18)13-3-2-4-15(26)20(13)27)19-8-16(37-41-19)12-6-5-11(24(28,29)30)7-14(12)25(31,32)33/h2-10,21H,1H3. The first-order chi connectivity index (χ1) is 19.3. The average Bonchev–Trinajstić information content (AvgIpc) is 3.56. The van der Waals surface area contributed by atoms with E-state index in [1.807, 2.05) is 0 Å². The van der Waals surface area contributed by atoms with Gasteiger partial charge in [0.15, 0.2) is 23.2 Å². The average molecular weight is 583 g/mol. The van der Waals surface area contributed by atoms with E-state index in [0.717, 1.165) is 30.1 Å². The lowest BCUT2D eigenvalue weighted by Gasteiger charge is -2.15. The number of alkyl halides is 6. The third kappa shape index (κ3) is 5.19. The molecule has 0 saturated carbocycles. The number of nitrogens with zero attached hydrogens (tertiary/aromatic N) is 5. The Balaban J connectivity index is 1.56. The molecule has 0 saturated heterocycles. The zero-order valence-electron chi connectivity index (χ0n) is 20.3. The fourth-order valence-corrected chi connectivity index (χ4v) is 3.97. The Labute approximate surface area is 223 Å². The van der Waals surface area contributed by atoms with E-state index in [9.17, 15) is 39.9 Å². The molecule has 41 heavy (non-hydrogen) atoms. The molecular formula is C25H13F8N5O3. The number of halogens is 8. The fraction of sp³-hybridized carbons (Fsp3) is 0.160. The molecule has 1 aromatic heterocycles. The Morgan fingerprint density at radius 2 is 1.66 bits per heavy atom. The number of imidazole rings is 1. The van der Waals surface area contributed by atoms with Gasteiger partial charge in [-0.2, -0.15) is 31.4 Å². The van der Waals surface area contributed by atoms with Crippen molar-refractivity contribution >= 4 is 5.97 Å². The number of aromatic nitrogens is 5. The van der Waals surface area contributed by atoms with Gasteiger partial charge in [-0.25, -0.2) is 28.2 Å². The predicted octanol–water partition coefficient (Wildman–Crippen LogP) is 6.18. The van der Waals surface area contributed by atoms with Gasteiger partial charge < -0.3 is 9.26 Å². The minimum atomic E-state index is -5.19. The quantitative estimate of drug-likeness (QED) is 0.180. The summed E-state index contributed by atoms with van der Waals surface area (Å²) < 4.78 is 119. The van der Waals surface area contributed by atoms with Gasteiger partial charge >= 0.3 is 18.3 Å². The molecule has 0 amide bonds. The minimum absolute atomic E-state index is 0.0567. The maximum absolute atomic E-state index is 14.2. The summed E-state index contributed by atoms with van der Waals surface area (Å²) in [7, 11) is 1.01. The molecule has 5 rings (SSSR count). The molecule has 1 unspecified atom stereocenters. The van der Waals surface area contributed by atoms with E-state index in [0.29, 0.717) is 12.1 Å². The summed E-state index contributed by atoms with van der Waals surface area (Å²) in [6.07, 6.45) is -7.91. The van der Waals surface area contributed by atoms with Crippen LogP contribution in [0.2, 0.25) is 0 Å². The second kappa shape index (κ2) is 9.94. The SMILES string of the molecule is COC(=O)C(c1cc(-c2ccc(C(F)(F)F)cc2C(F)(F)F)no1)n1cc2nc(-c3cccc(F)c3F)nc-2cn1. The maximum Gasteiger partial charge on any atom is 0.417 e. The number of ether oxygens (including phenoxy) is 1. The van der Waals surface area contributed by atoms with Gasteiger partial charge in [0.25, 0.3) is 0 Å². The molecule has 3 heterocycles. The summed E-state index contributed by atoms with van der Waals surface area (Å²) >= 11 is 0. The molecule has 2 aliphatic heterocycles. The second-order valence-corrected chi connectivity index (χ2v) is 8.47. The number of benzene rings is 2. The van der Waals surface area contributed by atoms with Gasteiger partial charge in [0, 0.05) is 11.6 Å². The molecule has 16 heteroatoms. The normalized spacial score (nSPS) is 13.0. The van der Waals surface area contributed by atoms with Gasteiger partial charge in [-0.05, 0) is 24.3 Å². The summed E-state index contributed by atoms with van der Waals surface area (Å²) in [6, 6.07) is 3.73. The van der Waals surface area contributed by atoms with Crippen LogP contribution in [0, 0.1) is 11.6 Å². The Morgan fingerprint density at radius 3 is 2.34 bits per heavy atom. The molecule has 1 atom stereocenters. The Kier molecular flexibility index (Phi) is 6.71. The van der Waals surface area contributed by atoms with Crippen LogP contribution in [0.1, 0.15) is 22.9 Å². The highest BCUT2D eigenvalue weighted by Crippen LogP contribution is 2.41. The van der Waals surface area contributed by atoms with Crippen molar-refractivity contribution in [3.8, 4) is 34.0 Å². The second-order valence-electron chi connectivity index (χ2n) is 8.47. The molecule has 0 spiro atoms. The van der Waals surface area contributed by atoms with Crippen LogP contribution >= 0.6 is 0 Å². The summed E-state index contributed by atoms with van der Waals surface area (Å²) in [5, 5.41) is 7.56. The summed E-state index contributed by atoms with van der Waals surface area (Å²) in [6.45, 7) is 0. The molecule has 0 radical (unpaired) electrons. The Bertz CT molecular complexity index is 1730. The molecule has 0 fully saturated rings. The number of hydrogen-bond acceptors (Lipinski definition) is 7. The number of rotatable bonds is 5. The van der Waals surface area contributed by atoms with Crippen molar-refractivity contribution < 1.29 is 49.2 Å². The van der Waals surface area contributed by atoms with Crippen LogP contribution in [0.3, 0.4) is 0 Å². The van der Waals surface area contributed by atoms with E-state index >= 15 is 0 Å². The van der Waals surface area contributed by atoms with Crippen molar-refractivity contribution in [2.24, 2.45) is 0 Å². The molecule has 212 valence electrons. The molecular weight excluding hydrogens is 570 g/mol. The van der Waals surface area contributed by atoms with Crippen molar-refractivity contribution in [1.29, 1.82) is 0 Å². The summed E-state index contributed by atoms with van der Waals surface area (Å²) in [5.74, 6) is -3.89. The van der Waals surface area contributed by atoms with Gasteiger partial charge in [0.2, 0.25) is 6.04 Å². The van der Waals surface area contributed by atoms with Crippen molar-refractivity contribution in [1.82, 2.24) is 24.9 Å².